The normalized spacial score (nSPS) is 11.4. The number of rotatable bonds is 5. The van der Waals surface area contributed by atoms with E-state index in [0.29, 0.717) is 18.2 Å². The van der Waals surface area contributed by atoms with Gasteiger partial charge in [0.1, 0.15) is 5.65 Å². The van der Waals surface area contributed by atoms with Crippen LogP contribution in [0.4, 0.5) is 5.69 Å². The molecule has 1 aromatic carbocycles. The monoisotopic (exact) mass is 336 g/mol. The van der Waals surface area contributed by atoms with Crippen molar-refractivity contribution in [2.24, 2.45) is 0 Å². The minimum Gasteiger partial charge on any atom is -0.320 e. The summed E-state index contributed by atoms with van der Waals surface area (Å²) in [5.41, 5.74) is 4.10. The van der Waals surface area contributed by atoms with E-state index in [1.807, 2.05) is 72.1 Å². The smallest absolute Gasteiger partial charge is 0.276 e. The molecule has 0 aliphatic heterocycles. The predicted molar refractivity (Wildman–Crippen MR) is 101 cm³/mol. The third-order valence-corrected chi connectivity index (χ3v) is 4.14. The first-order valence-electron chi connectivity index (χ1n) is 8.48. The number of nitrogens with zero attached hydrogens (tertiary/aromatic N) is 3. The quantitative estimate of drug-likeness (QED) is 0.771. The molecule has 0 aliphatic rings. The molecule has 0 saturated carbocycles. The van der Waals surface area contributed by atoms with Crippen molar-refractivity contribution >= 4 is 17.2 Å². The lowest BCUT2D eigenvalue weighted by Gasteiger charge is -2.14. The summed E-state index contributed by atoms with van der Waals surface area (Å²) in [6, 6.07) is 13.7. The fourth-order valence-electron chi connectivity index (χ4n) is 2.97. The van der Waals surface area contributed by atoms with Crippen molar-refractivity contribution in [2.75, 3.05) is 19.4 Å². The fourth-order valence-corrected chi connectivity index (χ4v) is 2.97. The van der Waals surface area contributed by atoms with Crippen LogP contribution in [0, 0.1) is 0 Å². The Labute approximate surface area is 148 Å². The number of fused-ring (bicyclic) bond motifs is 1. The molecule has 0 unspecified atom stereocenters. The van der Waals surface area contributed by atoms with Gasteiger partial charge in [-0.3, -0.25) is 4.79 Å². The molecule has 0 saturated heterocycles. The second-order valence-electron chi connectivity index (χ2n) is 6.77. The summed E-state index contributed by atoms with van der Waals surface area (Å²) in [7, 11) is 3.97. The Morgan fingerprint density at radius 2 is 1.88 bits per heavy atom. The van der Waals surface area contributed by atoms with Crippen LogP contribution in [0.3, 0.4) is 0 Å². The topological polar surface area (TPSA) is 49.6 Å². The molecule has 25 heavy (non-hydrogen) atoms. The number of aromatic nitrogens is 2. The molecule has 0 radical (unpaired) electrons. The minimum absolute atomic E-state index is 0.173. The number of amides is 1. The average Bonchev–Trinajstić information content (AvgIpc) is 2.93. The summed E-state index contributed by atoms with van der Waals surface area (Å²) < 4.78 is 1.98. The van der Waals surface area contributed by atoms with Gasteiger partial charge in [-0.15, -0.1) is 0 Å². The number of para-hydroxylation sites is 1. The number of nitrogens with one attached hydrogen (secondary N) is 1. The Bertz CT molecular complexity index is 896. The first kappa shape index (κ1) is 17.2. The number of benzene rings is 1. The van der Waals surface area contributed by atoms with Crippen molar-refractivity contribution in [3.63, 3.8) is 0 Å². The van der Waals surface area contributed by atoms with Gasteiger partial charge in [0.25, 0.3) is 5.91 Å². The fraction of sp³-hybridized carbons (Fsp3) is 0.300. The van der Waals surface area contributed by atoms with Crippen molar-refractivity contribution < 1.29 is 4.79 Å². The maximum atomic E-state index is 13.0. The molecule has 0 fully saturated rings. The van der Waals surface area contributed by atoms with E-state index in [9.17, 15) is 4.79 Å². The van der Waals surface area contributed by atoms with Crippen LogP contribution in [0.1, 0.15) is 41.5 Å². The van der Waals surface area contributed by atoms with Crippen LogP contribution in [0.15, 0.2) is 48.7 Å². The number of carbonyl (C=O) groups is 1. The summed E-state index contributed by atoms with van der Waals surface area (Å²) >= 11 is 0. The minimum atomic E-state index is -0.173. The molecule has 0 atom stereocenters. The first-order chi connectivity index (χ1) is 12.0. The third kappa shape index (κ3) is 3.56. The molecule has 2 aromatic heterocycles. The van der Waals surface area contributed by atoms with Crippen molar-refractivity contribution in [1.29, 1.82) is 0 Å². The summed E-state index contributed by atoms with van der Waals surface area (Å²) in [4.78, 5) is 19.6. The molecule has 2 heterocycles. The van der Waals surface area contributed by atoms with Crippen molar-refractivity contribution in [2.45, 2.75) is 26.3 Å². The van der Waals surface area contributed by atoms with Gasteiger partial charge < -0.3 is 14.6 Å². The van der Waals surface area contributed by atoms with Gasteiger partial charge in [-0.25, -0.2) is 4.98 Å². The van der Waals surface area contributed by atoms with Crippen LogP contribution in [-0.2, 0) is 6.54 Å². The molecule has 0 aliphatic carbocycles. The molecular weight excluding hydrogens is 312 g/mol. The van der Waals surface area contributed by atoms with E-state index in [1.165, 1.54) is 0 Å². The third-order valence-electron chi connectivity index (χ3n) is 4.14. The lowest BCUT2D eigenvalue weighted by Crippen LogP contribution is -2.19. The molecule has 1 N–H and O–H groups in total. The average molecular weight is 336 g/mol. The summed E-state index contributed by atoms with van der Waals surface area (Å²) in [5.74, 6) is 0.160. The van der Waals surface area contributed by atoms with E-state index in [1.54, 1.807) is 0 Å². The Hall–Kier alpha value is -2.66. The van der Waals surface area contributed by atoms with Crippen molar-refractivity contribution in [3.8, 4) is 0 Å². The predicted octanol–water partition coefficient (Wildman–Crippen LogP) is 3.77. The molecule has 3 rings (SSSR count). The Kier molecular flexibility index (Phi) is 4.86. The number of imidazole rings is 1. The zero-order valence-corrected chi connectivity index (χ0v) is 15.2. The van der Waals surface area contributed by atoms with Gasteiger partial charge in [-0.05, 0) is 43.8 Å². The number of hydrogen-bond donors (Lipinski definition) is 1. The van der Waals surface area contributed by atoms with Gasteiger partial charge >= 0.3 is 0 Å². The van der Waals surface area contributed by atoms with E-state index < -0.39 is 0 Å². The van der Waals surface area contributed by atoms with Gasteiger partial charge in [-0.1, -0.05) is 38.1 Å². The zero-order chi connectivity index (χ0) is 18.0. The highest BCUT2D eigenvalue weighted by Gasteiger charge is 2.20. The molecule has 3 aromatic rings. The molecule has 130 valence electrons. The molecule has 5 heteroatoms. The van der Waals surface area contributed by atoms with Gasteiger partial charge in [0.2, 0.25) is 0 Å². The molecule has 0 spiro atoms. The highest BCUT2D eigenvalue weighted by Crippen LogP contribution is 2.25. The molecule has 5 nitrogen and oxygen atoms in total. The molecular formula is C20H24N4O. The van der Waals surface area contributed by atoms with Gasteiger partial charge in [-0.2, -0.15) is 0 Å². The van der Waals surface area contributed by atoms with Gasteiger partial charge in [0, 0.05) is 18.4 Å². The Morgan fingerprint density at radius 1 is 1.16 bits per heavy atom. The maximum absolute atomic E-state index is 13.0. The number of anilines is 1. The number of hydrogen-bond acceptors (Lipinski definition) is 3. The second-order valence-corrected chi connectivity index (χ2v) is 6.77. The van der Waals surface area contributed by atoms with Gasteiger partial charge in [0.15, 0.2) is 5.69 Å². The standard InChI is InChI=1S/C20H24N4O/c1-14(2)15-9-5-6-10-16(15)21-20(25)19-17(13-23(3)4)24-12-8-7-11-18(24)22-19/h5-12,14H,13H2,1-4H3,(H,21,25). The highest BCUT2D eigenvalue weighted by molar-refractivity contribution is 6.04. The second kappa shape index (κ2) is 7.07. The summed E-state index contributed by atoms with van der Waals surface area (Å²) in [5, 5.41) is 3.05. The zero-order valence-electron chi connectivity index (χ0n) is 15.2. The lowest BCUT2D eigenvalue weighted by molar-refractivity contribution is 0.102. The number of carbonyl (C=O) groups excluding carboxylic acids is 1. The van der Waals surface area contributed by atoms with E-state index in [4.69, 9.17) is 0 Å². The lowest BCUT2D eigenvalue weighted by atomic mass is 10.0. The van der Waals surface area contributed by atoms with Crippen molar-refractivity contribution in [1.82, 2.24) is 14.3 Å². The number of pyridine rings is 1. The maximum Gasteiger partial charge on any atom is 0.276 e. The van der Waals surface area contributed by atoms with E-state index >= 15 is 0 Å². The SMILES string of the molecule is CC(C)c1ccccc1NC(=O)c1nc2ccccn2c1CN(C)C. The van der Waals surface area contributed by atoms with Crippen LogP contribution >= 0.6 is 0 Å². The molecule has 0 bridgehead atoms. The van der Waals surface area contributed by atoms with E-state index in [2.05, 4.69) is 24.1 Å². The Balaban J connectivity index is 2.00. The molecule has 1 amide bonds. The Morgan fingerprint density at radius 3 is 2.60 bits per heavy atom. The van der Waals surface area contributed by atoms with E-state index in [-0.39, 0.29) is 5.91 Å². The van der Waals surface area contributed by atoms with Crippen LogP contribution in [-0.4, -0.2) is 34.3 Å². The van der Waals surface area contributed by atoms with E-state index in [0.717, 1.165) is 22.6 Å². The van der Waals surface area contributed by atoms with Crippen LogP contribution in [0.25, 0.3) is 5.65 Å². The van der Waals surface area contributed by atoms with Crippen LogP contribution in [0.5, 0.6) is 0 Å². The first-order valence-corrected chi connectivity index (χ1v) is 8.48. The summed E-state index contributed by atoms with van der Waals surface area (Å²) in [6.45, 7) is 4.88. The van der Waals surface area contributed by atoms with Gasteiger partial charge in [0.05, 0.1) is 5.69 Å². The van der Waals surface area contributed by atoms with Crippen LogP contribution in [0.2, 0.25) is 0 Å². The van der Waals surface area contributed by atoms with Crippen molar-refractivity contribution in [3.05, 3.63) is 65.6 Å². The summed E-state index contributed by atoms with van der Waals surface area (Å²) in [6.07, 6.45) is 1.94. The van der Waals surface area contributed by atoms with Crippen LogP contribution < -0.4 is 5.32 Å². The largest absolute Gasteiger partial charge is 0.320 e. The highest BCUT2D eigenvalue weighted by atomic mass is 16.1.